The van der Waals surface area contributed by atoms with Crippen molar-refractivity contribution in [3.63, 3.8) is 0 Å². The minimum absolute atomic E-state index is 0.186. The van der Waals surface area contributed by atoms with Crippen LogP contribution < -0.4 is 15.4 Å². The van der Waals surface area contributed by atoms with Crippen molar-refractivity contribution in [2.24, 2.45) is 5.41 Å². The van der Waals surface area contributed by atoms with Crippen LogP contribution in [0.2, 0.25) is 0 Å². The Morgan fingerprint density at radius 3 is 2.31 bits per heavy atom. The number of para-hydroxylation sites is 2. The van der Waals surface area contributed by atoms with Crippen LogP contribution in [0.1, 0.15) is 18.4 Å². The molecule has 3 rings (SSSR count). The van der Waals surface area contributed by atoms with Crippen molar-refractivity contribution in [1.82, 2.24) is 5.32 Å². The molecule has 2 aromatic carbocycles. The van der Waals surface area contributed by atoms with E-state index in [1.165, 1.54) is 13.2 Å². The second-order valence-corrected chi connectivity index (χ2v) is 6.13. The molecular formula is C19H18F2N2O3. The summed E-state index contributed by atoms with van der Waals surface area (Å²) in [5.74, 6) is -2.33. The number of halogens is 2. The Bertz CT molecular complexity index is 830. The number of hydrogen-bond donors (Lipinski definition) is 2. The van der Waals surface area contributed by atoms with Gasteiger partial charge in [0.15, 0.2) is 0 Å². The Morgan fingerprint density at radius 2 is 1.69 bits per heavy atom. The zero-order chi connectivity index (χ0) is 18.7. The second kappa shape index (κ2) is 7.11. The SMILES string of the molecule is COc1ccccc1CNC(=O)C1(C(=O)Nc2c(F)cccc2F)CC1. The highest BCUT2D eigenvalue weighted by Crippen LogP contribution is 2.47. The number of rotatable bonds is 6. The maximum atomic E-state index is 13.7. The monoisotopic (exact) mass is 360 g/mol. The molecule has 0 atom stereocenters. The number of amides is 2. The van der Waals surface area contributed by atoms with Crippen LogP contribution in [0.25, 0.3) is 0 Å². The number of nitrogens with one attached hydrogen (secondary N) is 2. The molecule has 0 unspecified atom stereocenters. The number of benzene rings is 2. The molecule has 0 heterocycles. The molecule has 0 saturated heterocycles. The average Bonchev–Trinajstić information content (AvgIpc) is 3.45. The third-order valence-corrected chi connectivity index (χ3v) is 4.45. The van der Waals surface area contributed by atoms with Gasteiger partial charge in [-0.3, -0.25) is 9.59 Å². The van der Waals surface area contributed by atoms with Crippen LogP contribution in [-0.4, -0.2) is 18.9 Å². The molecule has 0 bridgehead atoms. The number of carbonyl (C=O) groups is 2. The predicted molar refractivity (Wildman–Crippen MR) is 91.5 cm³/mol. The van der Waals surface area contributed by atoms with Crippen LogP contribution >= 0.6 is 0 Å². The highest BCUT2D eigenvalue weighted by atomic mass is 19.1. The molecule has 2 N–H and O–H groups in total. The minimum atomic E-state index is -1.29. The van der Waals surface area contributed by atoms with E-state index in [9.17, 15) is 18.4 Å². The maximum Gasteiger partial charge on any atom is 0.240 e. The fraction of sp³-hybridized carbons (Fsp3) is 0.263. The zero-order valence-corrected chi connectivity index (χ0v) is 14.1. The van der Waals surface area contributed by atoms with Crippen LogP contribution in [0.3, 0.4) is 0 Å². The molecule has 26 heavy (non-hydrogen) atoms. The van der Waals surface area contributed by atoms with Crippen molar-refractivity contribution < 1.29 is 23.1 Å². The van der Waals surface area contributed by atoms with Gasteiger partial charge in [0.25, 0.3) is 0 Å². The highest BCUT2D eigenvalue weighted by molar-refractivity contribution is 6.13. The topological polar surface area (TPSA) is 67.4 Å². The van der Waals surface area contributed by atoms with Crippen molar-refractivity contribution >= 4 is 17.5 Å². The van der Waals surface area contributed by atoms with E-state index in [0.717, 1.165) is 17.7 Å². The van der Waals surface area contributed by atoms with Crippen LogP contribution in [-0.2, 0) is 16.1 Å². The molecule has 0 aromatic heterocycles. The summed E-state index contributed by atoms with van der Waals surface area (Å²) < 4.78 is 32.6. The Morgan fingerprint density at radius 1 is 1.04 bits per heavy atom. The van der Waals surface area contributed by atoms with Gasteiger partial charge in [-0.25, -0.2) is 8.78 Å². The smallest absolute Gasteiger partial charge is 0.240 e. The van der Waals surface area contributed by atoms with Crippen LogP contribution in [0.5, 0.6) is 5.75 Å². The van der Waals surface area contributed by atoms with Gasteiger partial charge in [0.2, 0.25) is 11.8 Å². The molecular weight excluding hydrogens is 342 g/mol. The number of hydrogen-bond acceptors (Lipinski definition) is 3. The fourth-order valence-electron chi connectivity index (χ4n) is 2.73. The Kier molecular flexibility index (Phi) is 4.88. The Labute approximate surface area is 149 Å². The Balaban J connectivity index is 1.68. The lowest BCUT2D eigenvalue weighted by Gasteiger charge is -2.17. The number of methoxy groups -OCH3 is 1. The molecule has 2 amide bonds. The van der Waals surface area contributed by atoms with Crippen molar-refractivity contribution in [3.05, 3.63) is 59.7 Å². The number of anilines is 1. The van der Waals surface area contributed by atoms with Gasteiger partial charge in [-0.1, -0.05) is 24.3 Å². The van der Waals surface area contributed by atoms with Gasteiger partial charge in [0, 0.05) is 12.1 Å². The fourth-order valence-corrected chi connectivity index (χ4v) is 2.73. The average molecular weight is 360 g/mol. The number of ether oxygens (including phenoxy) is 1. The summed E-state index contributed by atoms with van der Waals surface area (Å²) in [7, 11) is 1.53. The van der Waals surface area contributed by atoms with Gasteiger partial charge in [-0.2, -0.15) is 0 Å². The molecule has 1 fully saturated rings. The maximum absolute atomic E-state index is 13.7. The lowest BCUT2D eigenvalue weighted by atomic mass is 10.0. The summed E-state index contributed by atoms with van der Waals surface area (Å²) in [4.78, 5) is 24.9. The van der Waals surface area contributed by atoms with Crippen molar-refractivity contribution in [2.45, 2.75) is 19.4 Å². The highest BCUT2D eigenvalue weighted by Gasteiger charge is 2.56. The summed E-state index contributed by atoms with van der Waals surface area (Å²) in [6, 6.07) is 10.5. The molecule has 0 radical (unpaired) electrons. The van der Waals surface area contributed by atoms with Gasteiger partial charge in [-0.05, 0) is 31.0 Å². The van der Waals surface area contributed by atoms with E-state index in [1.807, 2.05) is 12.1 Å². The summed E-state index contributed by atoms with van der Waals surface area (Å²) in [6.45, 7) is 0.186. The molecule has 1 aliphatic carbocycles. The van der Waals surface area contributed by atoms with E-state index < -0.39 is 34.6 Å². The van der Waals surface area contributed by atoms with Crippen LogP contribution in [0.4, 0.5) is 14.5 Å². The zero-order valence-electron chi connectivity index (χ0n) is 14.1. The lowest BCUT2D eigenvalue weighted by molar-refractivity contribution is -0.134. The van der Waals surface area contributed by atoms with Gasteiger partial charge >= 0.3 is 0 Å². The molecule has 0 aliphatic heterocycles. The van der Waals surface area contributed by atoms with E-state index in [-0.39, 0.29) is 6.54 Å². The van der Waals surface area contributed by atoms with Crippen molar-refractivity contribution in [3.8, 4) is 5.75 Å². The largest absolute Gasteiger partial charge is 0.496 e. The van der Waals surface area contributed by atoms with Gasteiger partial charge in [0.1, 0.15) is 28.5 Å². The molecule has 1 aliphatic rings. The van der Waals surface area contributed by atoms with Crippen LogP contribution in [0, 0.1) is 17.0 Å². The third-order valence-electron chi connectivity index (χ3n) is 4.45. The predicted octanol–water partition coefficient (Wildman–Crippen LogP) is 3.01. The molecule has 1 saturated carbocycles. The van der Waals surface area contributed by atoms with Gasteiger partial charge in [0.05, 0.1) is 7.11 Å². The number of carbonyl (C=O) groups excluding carboxylic acids is 2. The van der Waals surface area contributed by atoms with Crippen LogP contribution in [0.15, 0.2) is 42.5 Å². The Hall–Kier alpha value is -2.96. The third kappa shape index (κ3) is 3.37. The standard InChI is InChI=1S/C19H18F2N2O3/c1-26-15-8-3-2-5-12(15)11-22-17(24)19(9-10-19)18(25)23-16-13(20)6-4-7-14(16)21/h2-8H,9-11H2,1H3,(H,22,24)(H,23,25). The lowest BCUT2D eigenvalue weighted by Crippen LogP contribution is -2.40. The van der Waals surface area contributed by atoms with E-state index in [0.29, 0.717) is 18.6 Å². The minimum Gasteiger partial charge on any atom is -0.496 e. The first-order chi connectivity index (χ1) is 12.5. The molecule has 2 aromatic rings. The molecule has 5 nitrogen and oxygen atoms in total. The van der Waals surface area contributed by atoms with E-state index in [2.05, 4.69) is 10.6 Å². The summed E-state index contributed by atoms with van der Waals surface area (Å²) in [5.41, 5.74) is -1.07. The van der Waals surface area contributed by atoms with Gasteiger partial charge < -0.3 is 15.4 Å². The quantitative estimate of drug-likeness (QED) is 0.778. The summed E-state index contributed by atoms with van der Waals surface area (Å²) >= 11 is 0. The molecule has 136 valence electrons. The molecule has 7 heteroatoms. The summed E-state index contributed by atoms with van der Waals surface area (Å²) in [5, 5.41) is 4.91. The van der Waals surface area contributed by atoms with Gasteiger partial charge in [-0.15, -0.1) is 0 Å². The summed E-state index contributed by atoms with van der Waals surface area (Å²) in [6.07, 6.45) is 0.652. The normalized spacial score (nSPS) is 14.4. The van der Waals surface area contributed by atoms with Crippen molar-refractivity contribution in [2.75, 3.05) is 12.4 Å². The van der Waals surface area contributed by atoms with Crippen molar-refractivity contribution in [1.29, 1.82) is 0 Å². The molecule has 0 spiro atoms. The van der Waals surface area contributed by atoms with E-state index in [1.54, 1.807) is 12.1 Å². The first kappa shape index (κ1) is 17.8. The van der Waals surface area contributed by atoms with E-state index in [4.69, 9.17) is 4.74 Å². The first-order valence-electron chi connectivity index (χ1n) is 8.13. The first-order valence-corrected chi connectivity index (χ1v) is 8.13. The second-order valence-electron chi connectivity index (χ2n) is 6.13. The van der Waals surface area contributed by atoms with E-state index >= 15 is 0 Å².